The average Bonchev–Trinajstić information content (AvgIpc) is 2.71. The van der Waals surface area contributed by atoms with Gasteiger partial charge in [-0.05, 0) is 17.7 Å². The molecule has 1 N–H and O–H groups in total. The van der Waals surface area contributed by atoms with Crippen molar-refractivity contribution in [2.24, 2.45) is 0 Å². The second kappa shape index (κ2) is 5.00. The Labute approximate surface area is 106 Å². The van der Waals surface area contributed by atoms with Crippen LogP contribution in [0.1, 0.15) is 16.8 Å². The number of rotatable bonds is 3. The summed E-state index contributed by atoms with van der Waals surface area (Å²) in [5.74, 6) is -0.527. The third-order valence-corrected chi connectivity index (χ3v) is 2.58. The molecule has 0 aliphatic rings. The second-order valence-electron chi connectivity index (χ2n) is 3.96. The largest absolute Gasteiger partial charge is 0.433 e. The number of aliphatic hydroxyl groups is 1. The Morgan fingerprint density at radius 2 is 2.00 bits per heavy atom. The van der Waals surface area contributed by atoms with E-state index in [0.717, 1.165) is 12.3 Å². The molecule has 7 heteroatoms. The van der Waals surface area contributed by atoms with E-state index in [4.69, 9.17) is 5.11 Å². The van der Waals surface area contributed by atoms with Crippen LogP contribution < -0.4 is 0 Å². The molecule has 2 rings (SSSR count). The Morgan fingerprint density at radius 3 is 2.58 bits per heavy atom. The fraction of sp³-hybridized carbons (Fsp3) is 0.250. The van der Waals surface area contributed by atoms with Gasteiger partial charge in [0.25, 0.3) is 0 Å². The van der Waals surface area contributed by atoms with Crippen molar-refractivity contribution in [1.82, 2.24) is 9.78 Å². The molecule has 0 amide bonds. The number of halogens is 4. The summed E-state index contributed by atoms with van der Waals surface area (Å²) in [6.45, 7) is -0.968. The molecule has 1 aromatic heterocycles. The molecule has 1 aromatic carbocycles. The smallest absolute Gasteiger partial charge is 0.392 e. The number of aliphatic hydroxyl groups excluding tert-OH is 1. The van der Waals surface area contributed by atoms with Crippen LogP contribution in [0.15, 0.2) is 30.5 Å². The monoisotopic (exact) mass is 274 g/mol. The first-order valence-corrected chi connectivity index (χ1v) is 5.39. The lowest BCUT2D eigenvalue weighted by atomic mass is 10.2. The Kier molecular flexibility index (Phi) is 3.57. The molecule has 0 bridgehead atoms. The molecular weight excluding hydrogens is 264 g/mol. The van der Waals surface area contributed by atoms with Gasteiger partial charge in [0.15, 0.2) is 0 Å². The lowest BCUT2D eigenvalue weighted by molar-refractivity contribution is -0.145. The van der Waals surface area contributed by atoms with Gasteiger partial charge in [-0.15, -0.1) is 0 Å². The van der Waals surface area contributed by atoms with Gasteiger partial charge in [0.05, 0.1) is 19.3 Å². The van der Waals surface area contributed by atoms with Crippen LogP contribution in [0.4, 0.5) is 17.6 Å². The second-order valence-corrected chi connectivity index (χ2v) is 3.96. The predicted octanol–water partition coefficient (Wildman–Crippen LogP) is 2.58. The molecule has 0 spiro atoms. The van der Waals surface area contributed by atoms with Gasteiger partial charge in [-0.2, -0.15) is 18.3 Å². The number of hydrogen-bond acceptors (Lipinski definition) is 2. The molecule has 0 aliphatic heterocycles. The normalized spacial score (nSPS) is 11.8. The Balaban J connectivity index is 2.38. The summed E-state index contributed by atoms with van der Waals surface area (Å²) in [5, 5.41) is 12.5. The fourth-order valence-electron chi connectivity index (χ4n) is 1.80. The number of benzene rings is 1. The fourth-order valence-corrected chi connectivity index (χ4v) is 1.80. The zero-order chi connectivity index (χ0) is 14.0. The predicted molar refractivity (Wildman–Crippen MR) is 58.7 cm³/mol. The van der Waals surface area contributed by atoms with Crippen LogP contribution in [-0.4, -0.2) is 14.9 Å². The van der Waals surface area contributed by atoms with Crippen molar-refractivity contribution in [3.05, 3.63) is 53.1 Å². The topological polar surface area (TPSA) is 38.1 Å². The molecule has 0 fully saturated rings. The summed E-state index contributed by atoms with van der Waals surface area (Å²) < 4.78 is 52.3. The molecule has 0 aliphatic carbocycles. The first-order valence-electron chi connectivity index (χ1n) is 5.39. The summed E-state index contributed by atoms with van der Waals surface area (Å²) in [4.78, 5) is 0. The first-order chi connectivity index (χ1) is 8.91. The Hall–Kier alpha value is -1.89. The van der Waals surface area contributed by atoms with Crippen LogP contribution in [0.3, 0.4) is 0 Å². The summed E-state index contributed by atoms with van der Waals surface area (Å²) in [6.07, 6.45) is -3.66. The first kappa shape index (κ1) is 13.5. The summed E-state index contributed by atoms with van der Waals surface area (Å²) in [7, 11) is 0. The van der Waals surface area contributed by atoms with Crippen molar-refractivity contribution in [2.75, 3.05) is 0 Å². The van der Waals surface area contributed by atoms with Gasteiger partial charge in [-0.25, -0.2) is 4.39 Å². The maximum absolute atomic E-state index is 13.0. The number of alkyl halides is 3. The molecule has 3 nitrogen and oxygen atoms in total. The molecule has 2 aromatic rings. The highest BCUT2D eigenvalue weighted by Gasteiger charge is 2.37. The highest BCUT2D eigenvalue weighted by Crippen LogP contribution is 2.32. The minimum atomic E-state index is -4.62. The van der Waals surface area contributed by atoms with E-state index in [1.807, 2.05) is 0 Å². The van der Waals surface area contributed by atoms with E-state index < -0.39 is 24.3 Å². The molecule has 0 unspecified atom stereocenters. The van der Waals surface area contributed by atoms with Crippen LogP contribution in [0.2, 0.25) is 0 Å². The Bertz CT molecular complexity index is 577. The minimum Gasteiger partial charge on any atom is -0.392 e. The summed E-state index contributed by atoms with van der Waals surface area (Å²) in [5.41, 5.74) is -0.957. The Morgan fingerprint density at radius 1 is 1.26 bits per heavy atom. The van der Waals surface area contributed by atoms with E-state index in [0.29, 0.717) is 10.2 Å². The van der Waals surface area contributed by atoms with Crippen LogP contribution in [0.25, 0.3) is 0 Å². The van der Waals surface area contributed by atoms with E-state index >= 15 is 0 Å². The van der Waals surface area contributed by atoms with Crippen LogP contribution >= 0.6 is 0 Å². The number of nitrogens with zero attached hydrogens (tertiary/aromatic N) is 2. The van der Waals surface area contributed by atoms with E-state index in [1.54, 1.807) is 0 Å². The standard InChI is InChI=1S/C12H10F4N2O/c13-10-3-1-2-8(4-10)6-18-11(12(14,15)16)9(7-19)5-17-18/h1-5,19H,6-7H2. The van der Waals surface area contributed by atoms with Crippen LogP contribution in [-0.2, 0) is 19.3 Å². The van der Waals surface area contributed by atoms with Gasteiger partial charge in [-0.1, -0.05) is 12.1 Å². The van der Waals surface area contributed by atoms with Crippen LogP contribution in [0, 0.1) is 5.82 Å². The molecule has 19 heavy (non-hydrogen) atoms. The lowest BCUT2D eigenvalue weighted by Crippen LogP contribution is -2.17. The van der Waals surface area contributed by atoms with Gasteiger partial charge in [0, 0.05) is 5.56 Å². The quantitative estimate of drug-likeness (QED) is 0.874. The van der Waals surface area contributed by atoms with Gasteiger partial charge in [-0.3, -0.25) is 4.68 Å². The molecule has 0 radical (unpaired) electrons. The lowest BCUT2D eigenvalue weighted by Gasteiger charge is -2.12. The van der Waals surface area contributed by atoms with Crippen molar-refractivity contribution in [3.63, 3.8) is 0 Å². The maximum Gasteiger partial charge on any atom is 0.433 e. The maximum atomic E-state index is 13.0. The van der Waals surface area contributed by atoms with Crippen molar-refractivity contribution >= 4 is 0 Å². The van der Waals surface area contributed by atoms with Crippen molar-refractivity contribution in [1.29, 1.82) is 0 Å². The number of aromatic nitrogens is 2. The zero-order valence-electron chi connectivity index (χ0n) is 9.65. The minimum absolute atomic E-state index is 0.216. The molecule has 1 heterocycles. The number of hydrogen-bond donors (Lipinski definition) is 1. The summed E-state index contributed by atoms with van der Waals surface area (Å²) >= 11 is 0. The SMILES string of the molecule is OCc1cnn(Cc2cccc(F)c2)c1C(F)(F)F. The third-order valence-electron chi connectivity index (χ3n) is 2.58. The summed E-state index contributed by atoms with van der Waals surface area (Å²) in [6, 6.07) is 5.26. The van der Waals surface area contributed by atoms with Gasteiger partial charge in [0.2, 0.25) is 0 Å². The van der Waals surface area contributed by atoms with E-state index in [2.05, 4.69) is 5.10 Å². The highest BCUT2D eigenvalue weighted by molar-refractivity contribution is 5.23. The molecule has 0 saturated carbocycles. The van der Waals surface area contributed by atoms with Crippen molar-refractivity contribution < 1.29 is 22.7 Å². The van der Waals surface area contributed by atoms with E-state index in [9.17, 15) is 17.6 Å². The molecular formula is C12H10F4N2O. The molecule has 102 valence electrons. The van der Waals surface area contributed by atoms with Crippen molar-refractivity contribution in [3.8, 4) is 0 Å². The van der Waals surface area contributed by atoms with Gasteiger partial charge < -0.3 is 5.11 Å². The average molecular weight is 274 g/mol. The van der Waals surface area contributed by atoms with Gasteiger partial charge >= 0.3 is 6.18 Å². The molecule has 0 atom stereocenters. The van der Waals surface area contributed by atoms with Crippen LogP contribution in [0.5, 0.6) is 0 Å². The van der Waals surface area contributed by atoms with Crippen molar-refractivity contribution in [2.45, 2.75) is 19.3 Å². The third kappa shape index (κ3) is 2.93. The van der Waals surface area contributed by atoms with E-state index in [-0.39, 0.29) is 12.1 Å². The van der Waals surface area contributed by atoms with E-state index in [1.165, 1.54) is 18.2 Å². The molecule has 0 saturated heterocycles. The van der Waals surface area contributed by atoms with Gasteiger partial charge in [0.1, 0.15) is 11.5 Å². The highest BCUT2D eigenvalue weighted by atomic mass is 19.4. The zero-order valence-corrected chi connectivity index (χ0v) is 9.65.